The number of piperazine rings is 2. The molecule has 0 spiro atoms. The van der Waals surface area contributed by atoms with Crippen LogP contribution in [0.15, 0.2) is 140 Å². The smallest absolute Gasteiger partial charge is 0.334 e. The number of hydrogen-bond acceptors (Lipinski definition) is 8. The highest BCUT2D eigenvalue weighted by Crippen LogP contribution is 2.35. The van der Waals surface area contributed by atoms with Gasteiger partial charge < -0.3 is 39.9 Å². The first-order chi connectivity index (χ1) is 32.0. The summed E-state index contributed by atoms with van der Waals surface area (Å²) in [5.41, 5.74) is 7.85. The number of phenols is 1. The molecule has 0 saturated carbocycles. The van der Waals surface area contributed by atoms with Gasteiger partial charge in [0.2, 0.25) is 11.8 Å². The third-order valence-corrected chi connectivity index (χ3v) is 12.9. The molecule has 66 heavy (non-hydrogen) atoms. The van der Waals surface area contributed by atoms with Crippen molar-refractivity contribution in [2.75, 3.05) is 63.1 Å². The second-order valence-electron chi connectivity index (χ2n) is 17.3. The molecule has 3 N–H and O–H groups in total. The van der Waals surface area contributed by atoms with Gasteiger partial charge in [-0.3, -0.25) is 14.4 Å². The van der Waals surface area contributed by atoms with Gasteiger partial charge in [-0.1, -0.05) is 78.9 Å². The number of amides is 5. The summed E-state index contributed by atoms with van der Waals surface area (Å²) in [5, 5.41) is 20.4. The molecular weight excluding hydrogens is 831 g/mol. The quantitative estimate of drug-likeness (QED) is 0.122. The van der Waals surface area contributed by atoms with E-state index in [1.165, 1.54) is 0 Å². The Morgan fingerprint density at radius 3 is 2.26 bits per heavy atom. The van der Waals surface area contributed by atoms with Gasteiger partial charge in [-0.05, 0) is 77.8 Å². The van der Waals surface area contributed by atoms with Crippen molar-refractivity contribution in [1.29, 1.82) is 0 Å². The summed E-state index contributed by atoms with van der Waals surface area (Å²) < 4.78 is 2.06. The highest BCUT2D eigenvalue weighted by Gasteiger charge is 2.51. The minimum atomic E-state index is -0.920. The molecule has 0 unspecified atom stereocenters. The number of phenolic OH excluding ortho intramolecular Hbond substituents is 1. The Morgan fingerprint density at radius 1 is 0.818 bits per heavy atom. The standard InChI is InChI=1S/C52H55N9O5/c1-4-25-59-35-48(63)60-46(30-36-13-23-43(62)24-14-36)51(65)58(34-47(60)61(59)52(66)53-31-37-9-6-5-7-10-37)32-40-11-8-12-44-45(33-56(3)49(40)44)38-15-17-39(18-16-38)50(64)54-41-19-21-42(22-20-41)57-28-26-55(2)27-29-57/h4-24,33,46-47,62H,1,25-32,34-35H2,2-3H3,(H,53,66)(H,54,64)/t46-,47-/m0/s1. The fraction of sp³-hybridized carbons (Fsp3) is 0.269. The van der Waals surface area contributed by atoms with Crippen LogP contribution in [0.1, 0.15) is 27.0 Å². The normalized spacial score (nSPS) is 18.1. The monoisotopic (exact) mass is 885 g/mol. The predicted octanol–water partition coefficient (Wildman–Crippen LogP) is 6.29. The van der Waals surface area contributed by atoms with Crippen LogP contribution >= 0.6 is 0 Å². The highest BCUT2D eigenvalue weighted by atomic mass is 16.3. The van der Waals surface area contributed by atoms with E-state index in [1.54, 1.807) is 50.2 Å². The second kappa shape index (κ2) is 19.0. The molecule has 1 aromatic heterocycles. The van der Waals surface area contributed by atoms with E-state index in [9.17, 15) is 24.3 Å². The topological polar surface area (TPSA) is 137 Å². The summed E-state index contributed by atoms with van der Waals surface area (Å²) in [6.07, 6.45) is 3.09. The SMILES string of the molecule is C=CCN1CC(=O)N2[C@@H](Cc3ccc(O)cc3)C(=O)N(Cc3cccc4c(-c5ccc(C(=O)Nc6ccc(N7CCN(C)CC7)cc6)cc5)cn(C)c34)C[C@@H]2N1C(=O)NCc1ccccc1. The lowest BCUT2D eigenvalue weighted by Gasteiger charge is -2.55. The van der Waals surface area contributed by atoms with Crippen LogP contribution in [0.4, 0.5) is 16.2 Å². The number of fused-ring (bicyclic) bond motifs is 2. The predicted molar refractivity (Wildman–Crippen MR) is 256 cm³/mol. The van der Waals surface area contributed by atoms with Gasteiger partial charge in [0.15, 0.2) is 0 Å². The number of para-hydroxylation sites is 1. The molecule has 6 aromatic rings. The van der Waals surface area contributed by atoms with Crippen molar-refractivity contribution in [3.63, 3.8) is 0 Å². The van der Waals surface area contributed by atoms with Gasteiger partial charge in [0.05, 0.1) is 18.6 Å². The molecule has 338 valence electrons. The molecule has 14 nitrogen and oxygen atoms in total. The van der Waals surface area contributed by atoms with Crippen LogP contribution in [0, 0.1) is 0 Å². The van der Waals surface area contributed by atoms with Crippen molar-refractivity contribution < 1.29 is 24.3 Å². The molecule has 0 radical (unpaired) electrons. The lowest BCUT2D eigenvalue weighted by atomic mass is 9.97. The van der Waals surface area contributed by atoms with Crippen LogP contribution in [0.25, 0.3) is 22.0 Å². The van der Waals surface area contributed by atoms with Gasteiger partial charge in [0, 0.05) is 93.4 Å². The number of carbonyl (C=O) groups is 4. The molecular formula is C52H55N9O5. The number of aromatic nitrogens is 1. The number of aromatic hydroxyl groups is 1. The maximum absolute atomic E-state index is 14.8. The molecule has 3 aliphatic rings. The maximum Gasteiger partial charge on any atom is 0.334 e. The van der Waals surface area contributed by atoms with Crippen molar-refractivity contribution >= 4 is 46.0 Å². The molecule has 2 atom stereocenters. The number of nitrogens with one attached hydrogen (secondary N) is 2. The minimum Gasteiger partial charge on any atom is -0.508 e. The Hall–Kier alpha value is -7.42. The molecule has 9 rings (SSSR count). The Bertz CT molecular complexity index is 2730. The van der Waals surface area contributed by atoms with E-state index in [1.807, 2.05) is 85.9 Å². The summed E-state index contributed by atoms with van der Waals surface area (Å²) in [4.78, 5) is 64.6. The molecule has 5 aromatic carbocycles. The fourth-order valence-electron chi connectivity index (χ4n) is 9.49. The zero-order chi connectivity index (χ0) is 45.9. The molecule has 3 aliphatic heterocycles. The third kappa shape index (κ3) is 9.10. The lowest BCUT2D eigenvalue weighted by molar-refractivity contribution is -0.189. The van der Waals surface area contributed by atoms with E-state index in [2.05, 4.69) is 63.0 Å². The van der Waals surface area contributed by atoms with Crippen LogP contribution in [0.2, 0.25) is 0 Å². The van der Waals surface area contributed by atoms with Gasteiger partial charge in [-0.15, -0.1) is 6.58 Å². The molecule has 4 heterocycles. The number of likely N-dealkylation sites (N-methyl/N-ethyl adjacent to an activating group) is 1. The van der Waals surface area contributed by atoms with Gasteiger partial charge in [0.25, 0.3) is 5.91 Å². The molecule has 0 aliphatic carbocycles. The van der Waals surface area contributed by atoms with Gasteiger partial charge in [-0.25, -0.2) is 14.8 Å². The molecule has 3 fully saturated rings. The summed E-state index contributed by atoms with van der Waals surface area (Å²) in [6.45, 7) is 8.60. The number of hydrazine groups is 1. The van der Waals surface area contributed by atoms with Crippen molar-refractivity contribution in [3.05, 3.63) is 162 Å². The Kier molecular flexibility index (Phi) is 12.6. The fourth-order valence-corrected chi connectivity index (χ4v) is 9.49. The van der Waals surface area contributed by atoms with Crippen molar-refractivity contribution in [2.24, 2.45) is 7.05 Å². The number of hydrogen-bond donors (Lipinski definition) is 3. The number of carbonyl (C=O) groups excluding carboxylic acids is 4. The van der Waals surface area contributed by atoms with Gasteiger partial charge in [-0.2, -0.15) is 0 Å². The number of anilines is 2. The molecule has 3 saturated heterocycles. The Balaban J connectivity index is 0.972. The first-order valence-corrected chi connectivity index (χ1v) is 22.4. The average Bonchev–Trinajstić information content (AvgIpc) is 3.67. The summed E-state index contributed by atoms with van der Waals surface area (Å²) in [5.74, 6) is -0.597. The molecule has 14 heteroatoms. The lowest BCUT2D eigenvalue weighted by Crippen LogP contribution is -2.76. The zero-order valence-corrected chi connectivity index (χ0v) is 37.3. The number of rotatable bonds is 12. The molecule has 5 amide bonds. The Labute approximate surface area is 384 Å². The summed E-state index contributed by atoms with van der Waals surface area (Å²) in [7, 11) is 4.12. The highest BCUT2D eigenvalue weighted by molar-refractivity contribution is 6.05. The van der Waals surface area contributed by atoms with E-state index in [4.69, 9.17) is 0 Å². The maximum atomic E-state index is 14.8. The van der Waals surface area contributed by atoms with E-state index in [-0.39, 0.29) is 62.6 Å². The van der Waals surface area contributed by atoms with Crippen molar-refractivity contribution in [3.8, 4) is 16.9 Å². The number of urea groups is 1. The summed E-state index contributed by atoms with van der Waals surface area (Å²) in [6, 6.07) is 36.5. The number of nitrogens with zero attached hydrogens (tertiary/aromatic N) is 7. The van der Waals surface area contributed by atoms with Crippen LogP contribution in [0.3, 0.4) is 0 Å². The summed E-state index contributed by atoms with van der Waals surface area (Å²) >= 11 is 0. The van der Waals surface area contributed by atoms with Crippen LogP contribution in [-0.2, 0) is 36.1 Å². The average molecular weight is 886 g/mol. The van der Waals surface area contributed by atoms with Gasteiger partial charge >= 0.3 is 6.03 Å². The first-order valence-electron chi connectivity index (χ1n) is 22.4. The van der Waals surface area contributed by atoms with Crippen LogP contribution in [0.5, 0.6) is 5.75 Å². The molecule has 0 bridgehead atoms. The minimum absolute atomic E-state index is 0.0701. The number of benzene rings is 5. The van der Waals surface area contributed by atoms with Crippen LogP contribution < -0.4 is 15.5 Å². The number of aryl methyl sites for hydroxylation is 1. The van der Waals surface area contributed by atoms with E-state index in [0.29, 0.717) is 5.56 Å². The van der Waals surface area contributed by atoms with Crippen LogP contribution in [-0.4, -0.2) is 123 Å². The van der Waals surface area contributed by atoms with Crippen molar-refractivity contribution in [2.45, 2.75) is 31.7 Å². The van der Waals surface area contributed by atoms with E-state index < -0.39 is 18.2 Å². The largest absolute Gasteiger partial charge is 0.508 e. The van der Waals surface area contributed by atoms with E-state index in [0.717, 1.165) is 76.3 Å². The van der Waals surface area contributed by atoms with E-state index >= 15 is 0 Å². The third-order valence-electron chi connectivity index (χ3n) is 12.9. The first kappa shape index (κ1) is 43.8. The van der Waals surface area contributed by atoms with Crippen molar-refractivity contribution in [1.82, 2.24) is 34.6 Å². The van der Waals surface area contributed by atoms with Gasteiger partial charge in [0.1, 0.15) is 18.0 Å². The Morgan fingerprint density at radius 2 is 1.55 bits per heavy atom. The second-order valence-corrected chi connectivity index (χ2v) is 17.3. The zero-order valence-electron chi connectivity index (χ0n) is 37.3.